The summed E-state index contributed by atoms with van der Waals surface area (Å²) in [6.07, 6.45) is 4.85. The molecule has 0 fully saturated rings. The fourth-order valence-electron chi connectivity index (χ4n) is 3.16. The van der Waals surface area contributed by atoms with Crippen molar-refractivity contribution in [2.24, 2.45) is 5.92 Å². The predicted molar refractivity (Wildman–Crippen MR) is 128 cm³/mol. The molecule has 0 unspecified atom stereocenters. The van der Waals surface area contributed by atoms with Crippen LogP contribution in [0.2, 0.25) is 0 Å². The van der Waals surface area contributed by atoms with Crippen LogP contribution in [0.15, 0.2) is 64.3 Å². The Morgan fingerprint density at radius 1 is 1.03 bits per heavy atom. The molecule has 0 aliphatic carbocycles. The number of nitrogens with zero attached hydrogens (tertiary/aromatic N) is 5. The summed E-state index contributed by atoms with van der Waals surface area (Å²) >= 11 is 0. The molecule has 10 heteroatoms. The highest BCUT2D eigenvalue weighted by Crippen LogP contribution is 2.22. The monoisotopic (exact) mass is 477 g/mol. The lowest BCUT2D eigenvalue weighted by molar-refractivity contribution is 0.146. The maximum atomic E-state index is 12.5. The molecule has 0 saturated carbocycles. The lowest BCUT2D eigenvalue weighted by atomic mass is 10.2. The van der Waals surface area contributed by atoms with Gasteiger partial charge in [-0.3, -0.25) is 4.79 Å². The molecule has 3 aromatic heterocycles. The van der Waals surface area contributed by atoms with E-state index in [9.17, 15) is 4.79 Å². The van der Waals surface area contributed by atoms with Crippen LogP contribution in [-0.4, -0.2) is 51.6 Å². The van der Waals surface area contributed by atoms with Gasteiger partial charge in [-0.25, -0.2) is 9.97 Å². The van der Waals surface area contributed by atoms with Crippen LogP contribution in [0.5, 0.6) is 11.8 Å². The van der Waals surface area contributed by atoms with Crippen LogP contribution >= 0.6 is 0 Å². The van der Waals surface area contributed by atoms with E-state index in [0.717, 1.165) is 11.3 Å². The minimum atomic E-state index is -0.145. The number of rotatable bonds is 11. The van der Waals surface area contributed by atoms with Gasteiger partial charge in [0.1, 0.15) is 12.4 Å². The number of hydrogen-bond acceptors (Lipinski definition) is 9. The Balaban J connectivity index is 1.49. The molecule has 0 radical (unpaired) electrons. The maximum Gasteiger partial charge on any atom is 0.316 e. The van der Waals surface area contributed by atoms with Crippen molar-refractivity contribution in [3.8, 4) is 34.6 Å². The van der Waals surface area contributed by atoms with E-state index in [1.54, 1.807) is 36.3 Å². The number of methoxy groups -OCH3 is 1. The maximum absolute atomic E-state index is 12.5. The van der Waals surface area contributed by atoms with E-state index in [1.807, 2.05) is 38.1 Å². The summed E-state index contributed by atoms with van der Waals surface area (Å²) in [6.45, 7) is 5.95. The first-order chi connectivity index (χ1) is 17.0. The van der Waals surface area contributed by atoms with Crippen molar-refractivity contribution >= 4 is 0 Å². The Hall–Kier alpha value is -4.05. The molecule has 3 heterocycles. The van der Waals surface area contributed by atoms with Gasteiger partial charge in [-0.15, -0.1) is 0 Å². The molecular formula is C25H27N5O5. The lowest BCUT2D eigenvalue weighted by Gasteiger charge is -2.10. The summed E-state index contributed by atoms with van der Waals surface area (Å²) in [4.78, 5) is 25.3. The van der Waals surface area contributed by atoms with Gasteiger partial charge in [-0.1, -0.05) is 31.1 Å². The number of ether oxygens (including phenoxy) is 3. The minimum absolute atomic E-state index is 0.145. The number of pyridine rings is 1. The zero-order valence-electron chi connectivity index (χ0n) is 19.9. The Morgan fingerprint density at radius 3 is 2.63 bits per heavy atom. The van der Waals surface area contributed by atoms with Gasteiger partial charge in [0.2, 0.25) is 5.82 Å². The third-order valence-corrected chi connectivity index (χ3v) is 4.90. The normalized spacial score (nSPS) is 11.1. The number of benzene rings is 1. The standard InChI is InChI=1S/C25H27N5O5/c1-17(2)16-34-25-26-12-20(13-27-25)24-28-23(29-35-24)19-7-8-22(31)30(15-19)14-18-5-4-6-21(11-18)33-10-9-32-3/h4-8,11-13,15,17H,9-10,14,16H2,1-3H3. The van der Waals surface area contributed by atoms with Gasteiger partial charge in [0.25, 0.3) is 11.4 Å². The highest BCUT2D eigenvalue weighted by Gasteiger charge is 2.13. The molecule has 4 aromatic rings. The van der Waals surface area contributed by atoms with Crippen LogP contribution in [0.25, 0.3) is 22.8 Å². The average Bonchev–Trinajstić information content (AvgIpc) is 3.35. The third kappa shape index (κ3) is 6.51. The summed E-state index contributed by atoms with van der Waals surface area (Å²) in [6, 6.07) is 11.0. The number of aromatic nitrogens is 5. The van der Waals surface area contributed by atoms with Crippen LogP contribution in [0.3, 0.4) is 0 Å². The van der Waals surface area contributed by atoms with Crippen molar-refractivity contribution in [2.75, 3.05) is 26.9 Å². The van der Waals surface area contributed by atoms with E-state index >= 15 is 0 Å². The Morgan fingerprint density at radius 2 is 1.86 bits per heavy atom. The summed E-state index contributed by atoms with van der Waals surface area (Å²) in [7, 11) is 1.62. The molecule has 182 valence electrons. The Kier molecular flexibility index (Phi) is 7.84. The minimum Gasteiger partial charge on any atom is -0.491 e. The van der Waals surface area contributed by atoms with E-state index in [-0.39, 0.29) is 11.4 Å². The zero-order valence-corrected chi connectivity index (χ0v) is 19.9. The molecule has 35 heavy (non-hydrogen) atoms. The summed E-state index contributed by atoms with van der Waals surface area (Å²) in [5.41, 5.74) is 1.99. The zero-order chi connectivity index (χ0) is 24.6. The van der Waals surface area contributed by atoms with Crippen molar-refractivity contribution in [1.29, 1.82) is 0 Å². The van der Waals surface area contributed by atoms with E-state index in [1.165, 1.54) is 6.07 Å². The quantitative estimate of drug-likeness (QED) is 0.300. The van der Waals surface area contributed by atoms with Crippen molar-refractivity contribution in [2.45, 2.75) is 20.4 Å². The second-order valence-electron chi connectivity index (χ2n) is 8.25. The Bertz CT molecular complexity index is 1300. The van der Waals surface area contributed by atoms with Gasteiger partial charge in [-0.05, 0) is 29.7 Å². The highest BCUT2D eigenvalue weighted by atomic mass is 16.5. The molecule has 0 atom stereocenters. The molecule has 0 spiro atoms. The molecule has 0 amide bonds. The molecule has 1 aromatic carbocycles. The van der Waals surface area contributed by atoms with Crippen molar-refractivity contribution < 1.29 is 18.7 Å². The summed E-state index contributed by atoms with van der Waals surface area (Å²) < 4.78 is 23.2. The van der Waals surface area contributed by atoms with Gasteiger partial charge < -0.3 is 23.3 Å². The molecule has 10 nitrogen and oxygen atoms in total. The molecule has 0 saturated heterocycles. The van der Waals surface area contributed by atoms with Gasteiger partial charge in [0, 0.05) is 37.3 Å². The summed E-state index contributed by atoms with van der Waals surface area (Å²) in [5, 5.41) is 4.06. The van der Waals surface area contributed by atoms with Gasteiger partial charge in [-0.2, -0.15) is 4.98 Å². The van der Waals surface area contributed by atoms with E-state index in [4.69, 9.17) is 18.7 Å². The predicted octanol–water partition coefficient (Wildman–Crippen LogP) is 3.46. The molecule has 0 bridgehead atoms. The molecule has 4 rings (SSSR count). The first kappa shape index (κ1) is 24.1. The van der Waals surface area contributed by atoms with Gasteiger partial charge in [0.05, 0.1) is 25.3 Å². The van der Waals surface area contributed by atoms with Gasteiger partial charge in [0.15, 0.2) is 0 Å². The fraction of sp³-hybridized carbons (Fsp3) is 0.320. The second-order valence-corrected chi connectivity index (χ2v) is 8.25. The molecule has 0 N–H and O–H groups in total. The second kappa shape index (κ2) is 11.4. The van der Waals surface area contributed by atoms with Crippen LogP contribution in [0.4, 0.5) is 0 Å². The first-order valence-electron chi connectivity index (χ1n) is 11.2. The first-order valence-corrected chi connectivity index (χ1v) is 11.2. The molecular weight excluding hydrogens is 450 g/mol. The Labute approximate surface area is 202 Å². The third-order valence-electron chi connectivity index (χ3n) is 4.90. The van der Waals surface area contributed by atoms with Gasteiger partial charge >= 0.3 is 6.01 Å². The van der Waals surface area contributed by atoms with Crippen molar-refractivity contribution in [3.05, 3.63) is 70.9 Å². The molecule has 0 aliphatic heterocycles. The largest absolute Gasteiger partial charge is 0.491 e. The highest BCUT2D eigenvalue weighted by molar-refractivity contribution is 5.57. The van der Waals surface area contributed by atoms with Crippen LogP contribution in [0.1, 0.15) is 19.4 Å². The van der Waals surface area contributed by atoms with Crippen LogP contribution in [0, 0.1) is 5.92 Å². The van der Waals surface area contributed by atoms with E-state index in [2.05, 4.69) is 20.1 Å². The summed E-state index contributed by atoms with van der Waals surface area (Å²) in [5.74, 6) is 1.72. The fourth-order valence-corrected chi connectivity index (χ4v) is 3.16. The van der Waals surface area contributed by atoms with Crippen LogP contribution in [-0.2, 0) is 11.3 Å². The SMILES string of the molecule is COCCOc1cccc(Cn2cc(-c3noc(-c4cnc(OCC(C)C)nc4)n3)ccc2=O)c1. The lowest BCUT2D eigenvalue weighted by Crippen LogP contribution is -2.19. The van der Waals surface area contributed by atoms with E-state index in [0.29, 0.717) is 55.2 Å². The average molecular weight is 478 g/mol. The van der Waals surface area contributed by atoms with E-state index < -0.39 is 0 Å². The topological polar surface area (TPSA) is 114 Å². The van der Waals surface area contributed by atoms with Crippen molar-refractivity contribution in [1.82, 2.24) is 24.7 Å². The van der Waals surface area contributed by atoms with Crippen molar-refractivity contribution in [3.63, 3.8) is 0 Å². The van der Waals surface area contributed by atoms with Crippen LogP contribution < -0.4 is 15.0 Å². The smallest absolute Gasteiger partial charge is 0.316 e. The number of hydrogen-bond donors (Lipinski definition) is 0. The molecule has 0 aliphatic rings.